The van der Waals surface area contributed by atoms with Gasteiger partial charge in [-0.25, -0.2) is 4.90 Å². The standard InChI is InChI=1S/C9H10INOS/c1-11-8(13)6-4-2-3-5-7(6)12-9(11)10/h2-5,8-9,13H,1H3. The van der Waals surface area contributed by atoms with E-state index >= 15 is 0 Å². The second kappa shape index (κ2) is 3.67. The summed E-state index contributed by atoms with van der Waals surface area (Å²) in [7, 11) is 2.00. The lowest BCUT2D eigenvalue weighted by Crippen LogP contribution is -2.36. The fourth-order valence-electron chi connectivity index (χ4n) is 1.32. The van der Waals surface area contributed by atoms with Gasteiger partial charge in [-0.2, -0.15) is 12.6 Å². The number of fused-ring (bicyclic) bond motifs is 1. The summed E-state index contributed by atoms with van der Waals surface area (Å²) in [5.41, 5.74) is 1.14. The summed E-state index contributed by atoms with van der Waals surface area (Å²) in [6.07, 6.45) is 0. The van der Waals surface area contributed by atoms with E-state index in [1.165, 1.54) is 0 Å². The molecule has 0 saturated heterocycles. The number of ether oxygens (including phenoxy) is 1. The Bertz CT molecular complexity index is 320. The minimum absolute atomic E-state index is 0.0648. The van der Waals surface area contributed by atoms with Crippen LogP contribution in [0, 0.1) is 0 Å². The maximum Gasteiger partial charge on any atom is 0.205 e. The van der Waals surface area contributed by atoms with Crippen molar-refractivity contribution in [2.45, 2.75) is 9.61 Å². The van der Waals surface area contributed by atoms with Crippen molar-refractivity contribution < 1.29 is 4.74 Å². The Morgan fingerprint density at radius 2 is 2.15 bits per heavy atom. The molecule has 0 aliphatic carbocycles. The molecule has 2 nitrogen and oxygen atoms in total. The average molecular weight is 307 g/mol. The molecule has 0 saturated carbocycles. The summed E-state index contributed by atoms with van der Waals surface area (Å²) in [4.78, 5) is 2.08. The van der Waals surface area contributed by atoms with Crippen molar-refractivity contribution in [1.82, 2.24) is 4.90 Å². The van der Waals surface area contributed by atoms with Gasteiger partial charge in [0, 0.05) is 5.56 Å². The molecule has 0 fully saturated rings. The first-order chi connectivity index (χ1) is 6.20. The van der Waals surface area contributed by atoms with Crippen LogP contribution in [0.5, 0.6) is 5.75 Å². The largest absolute Gasteiger partial charge is 0.466 e. The molecule has 0 radical (unpaired) electrons. The highest BCUT2D eigenvalue weighted by Crippen LogP contribution is 2.38. The van der Waals surface area contributed by atoms with E-state index in [0.717, 1.165) is 11.3 Å². The van der Waals surface area contributed by atoms with Gasteiger partial charge < -0.3 is 4.74 Å². The number of hydrogen-bond acceptors (Lipinski definition) is 3. The number of hydrogen-bond donors (Lipinski definition) is 1. The Balaban J connectivity index is 2.43. The van der Waals surface area contributed by atoms with Crippen LogP contribution in [0.1, 0.15) is 10.9 Å². The quantitative estimate of drug-likeness (QED) is 0.342. The smallest absolute Gasteiger partial charge is 0.205 e. The number of halogens is 1. The normalized spacial score (nSPS) is 27.9. The third-order valence-electron chi connectivity index (χ3n) is 2.13. The Kier molecular flexibility index (Phi) is 2.71. The van der Waals surface area contributed by atoms with E-state index in [4.69, 9.17) is 4.74 Å². The van der Waals surface area contributed by atoms with Crippen LogP contribution in [-0.2, 0) is 0 Å². The van der Waals surface area contributed by atoms with Crippen molar-refractivity contribution in [1.29, 1.82) is 0 Å². The zero-order chi connectivity index (χ0) is 9.42. The minimum Gasteiger partial charge on any atom is -0.466 e. The van der Waals surface area contributed by atoms with Crippen LogP contribution in [-0.4, -0.2) is 16.2 Å². The molecule has 2 atom stereocenters. The molecule has 0 N–H and O–H groups in total. The van der Waals surface area contributed by atoms with Crippen molar-refractivity contribution in [3.63, 3.8) is 0 Å². The SMILES string of the molecule is CN1C(I)Oc2ccccc2C1S. The zero-order valence-corrected chi connectivity index (χ0v) is 10.2. The van der Waals surface area contributed by atoms with Gasteiger partial charge in [-0.15, -0.1) is 0 Å². The lowest BCUT2D eigenvalue weighted by Gasteiger charge is -2.35. The van der Waals surface area contributed by atoms with Crippen LogP contribution in [0.3, 0.4) is 0 Å². The van der Waals surface area contributed by atoms with Crippen molar-refractivity contribution in [2.75, 3.05) is 7.05 Å². The summed E-state index contributed by atoms with van der Waals surface area (Å²) in [5.74, 6) is 0.944. The second-order valence-corrected chi connectivity index (χ2v) is 4.54. The number of benzene rings is 1. The predicted molar refractivity (Wildman–Crippen MR) is 64.4 cm³/mol. The monoisotopic (exact) mass is 307 g/mol. The maximum atomic E-state index is 5.68. The van der Waals surface area contributed by atoms with Gasteiger partial charge in [0.2, 0.25) is 4.23 Å². The van der Waals surface area contributed by atoms with Crippen LogP contribution >= 0.6 is 35.2 Å². The first-order valence-corrected chi connectivity index (χ1v) is 5.76. The van der Waals surface area contributed by atoms with Crippen LogP contribution in [0.2, 0.25) is 0 Å². The van der Waals surface area contributed by atoms with Gasteiger partial charge in [0.05, 0.1) is 5.37 Å². The Morgan fingerprint density at radius 3 is 2.92 bits per heavy atom. The number of nitrogens with zero attached hydrogens (tertiary/aromatic N) is 1. The van der Waals surface area contributed by atoms with Gasteiger partial charge in [0.25, 0.3) is 0 Å². The molecule has 2 unspecified atom stereocenters. The van der Waals surface area contributed by atoms with E-state index in [1.54, 1.807) is 0 Å². The lowest BCUT2D eigenvalue weighted by molar-refractivity contribution is 0.101. The van der Waals surface area contributed by atoms with Gasteiger partial charge in [-0.1, -0.05) is 18.2 Å². The van der Waals surface area contributed by atoms with Crippen molar-refractivity contribution >= 4 is 35.2 Å². The summed E-state index contributed by atoms with van der Waals surface area (Å²) in [6, 6.07) is 8.02. The van der Waals surface area contributed by atoms with Crippen molar-refractivity contribution in [2.24, 2.45) is 0 Å². The number of alkyl halides is 1. The summed E-state index contributed by atoms with van der Waals surface area (Å²) < 4.78 is 5.74. The Hall–Kier alpha value is 0.0600. The van der Waals surface area contributed by atoms with Gasteiger partial charge in [0.1, 0.15) is 5.75 Å². The summed E-state index contributed by atoms with van der Waals surface area (Å²) in [5, 5.41) is 0.131. The first-order valence-electron chi connectivity index (χ1n) is 4.00. The molecule has 70 valence electrons. The van der Waals surface area contributed by atoms with Crippen LogP contribution in [0.15, 0.2) is 24.3 Å². The van der Waals surface area contributed by atoms with E-state index in [-0.39, 0.29) is 9.61 Å². The lowest BCUT2D eigenvalue weighted by atomic mass is 10.2. The topological polar surface area (TPSA) is 12.5 Å². The molecule has 4 heteroatoms. The van der Waals surface area contributed by atoms with Crippen molar-refractivity contribution in [3.05, 3.63) is 29.8 Å². The van der Waals surface area contributed by atoms with E-state index in [1.807, 2.05) is 31.3 Å². The number of para-hydroxylation sites is 1. The molecule has 1 aromatic rings. The molecular weight excluding hydrogens is 297 g/mol. The molecule has 1 aliphatic heterocycles. The predicted octanol–water partition coefficient (Wildman–Crippen LogP) is 2.66. The first kappa shape index (κ1) is 9.61. The van der Waals surface area contributed by atoms with Crippen LogP contribution in [0.25, 0.3) is 0 Å². The van der Waals surface area contributed by atoms with E-state index in [0.29, 0.717) is 0 Å². The zero-order valence-electron chi connectivity index (χ0n) is 7.14. The van der Waals surface area contributed by atoms with Crippen LogP contribution < -0.4 is 4.74 Å². The van der Waals surface area contributed by atoms with E-state index in [9.17, 15) is 0 Å². The van der Waals surface area contributed by atoms with Crippen molar-refractivity contribution in [3.8, 4) is 5.75 Å². The molecule has 0 bridgehead atoms. The maximum absolute atomic E-state index is 5.68. The molecule has 13 heavy (non-hydrogen) atoms. The highest BCUT2D eigenvalue weighted by molar-refractivity contribution is 14.1. The average Bonchev–Trinajstić information content (AvgIpc) is 2.15. The molecule has 1 aliphatic rings. The fraction of sp³-hybridized carbons (Fsp3) is 0.333. The van der Waals surface area contributed by atoms with Crippen LogP contribution in [0.4, 0.5) is 0 Å². The summed E-state index contributed by atoms with van der Waals surface area (Å²) >= 11 is 6.79. The number of rotatable bonds is 0. The molecule has 0 spiro atoms. The Morgan fingerprint density at radius 1 is 1.46 bits per heavy atom. The van der Waals surface area contributed by atoms with Gasteiger partial charge in [-0.05, 0) is 35.7 Å². The van der Waals surface area contributed by atoms with E-state index in [2.05, 4.69) is 40.1 Å². The highest BCUT2D eigenvalue weighted by atomic mass is 127. The molecule has 0 aromatic heterocycles. The molecule has 1 heterocycles. The Labute approximate surface area is 96.8 Å². The molecular formula is C9H10INOS. The van der Waals surface area contributed by atoms with Gasteiger partial charge in [-0.3, -0.25) is 0 Å². The highest BCUT2D eigenvalue weighted by Gasteiger charge is 2.28. The molecule has 0 amide bonds. The number of thiol groups is 1. The minimum atomic E-state index is 0.0648. The molecule has 2 rings (SSSR count). The fourth-order valence-corrected chi connectivity index (χ4v) is 2.50. The van der Waals surface area contributed by atoms with Gasteiger partial charge >= 0.3 is 0 Å². The molecule has 1 aromatic carbocycles. The third-order valence-corrected chi connectivity index (χ3v) is 3.90. The van der Waals surface area contributed by atoms with Gasteiger partial charge in [0.15, 0.2) is 0 Å². The third kappa shape index (κ3) is 1.67. The second-order valence-electron chi connectivity index (χ2n) is 2.99. The van der Waals surface area contributed by atoms with E-state index < -0.39 is 0 Å². The summed E-state index contributed by atoms with van der Waals surface area (Å²) in [6.45, 7) is 0.